The van der Waals surface area contributed by atoms with Gasteiger partial charge in [0.15, 0.2) is 0 Å². The van der Waals surface area contributed by atoms with Gasteiger partial charge in [0.25, 0.3) is 0 Å². The van der Waals surface area contributed by atoms with Gasteiger partial charge in [-0.15, -0.1) is 11.8 Å². The van der Waals surface area contributed by atoms with E-state index in [1.165, 1.54) is 5.56 Å². The van der Waals surface area contributed by atoms with E-state index in [1.807, 2.05) is 53.4 Å². The van der Waals surface area contributed by atoms with Gasteiger partial charge in [-0.3, -0.25) is 9.59 Å². The largest absolute Gasteiger partial charge is 0.324 e. The van der Waals surface area contributed by atoms with Crippen LogP contribution in [0.15, 0.2) is 53.0 Å². The van der Waals surface area contributed by atoms with Gasteiger partial charge in [-0.2, -0.15) is 0 Å². The van der Waals surface area contributed by atoms with Crippen molar-refractivity contribution >= 4 is 45.2 Å². The van der Waals surface area contributed by atoms with Gasteiger partial charge in [0.1, 0.15) is 10.9 Å². The number of carbonyl (C=O) groups excluding carboxylic acids is 2. The minimum atomic E-state index is -0.445. The summed E-state index contributed by atoms with van der Waals surface area (Å²) < 4.78 is 1.01. The number of amides is 2. The van der Waals surface area contributed by atoms with Gasteiger partial charge in [0, 0.05) is 22.3 Å². The molecule has 2 amide bonds. The van der Waals surface area contributed by atoms with Crippen molar-refractivity contribution in [3.63, 3.8) is 0 Å². The van der Waals surface area contributed by atoms with Crippen LogP contribution in [0.3, 0.4) is 0 Å². The van der Waals surface area contributed by atoms with E-state index in [2.05, 4.69) is 28.2 Å². The molecule has 0 radical (unpaired) electrons. The van der Waals surface area contributed by atoms with Crippen LogP contribution in [0.2, 0.25) is 0 Å². The van der Waals surface area contributed by atoms with Crippen molar-refractivity contribution in [1.82, 2.24) is 4.90 Å². The number of fused-ring (bicyclic) bond motifs is 1. The maximum absolute atomic E-state index is 13.0. The normalized spacial score (nSPS) is 24.1. The topological polar surface area (TPSA) is 49.4 Å². The van der Waals surface area contributed by atoms with E-state index in [4.69, 9.17) is 0 Å². The van der Waals surface area contributed by atoms with Crippen LogP contribution in [-0.2, 0) is 20.9 Å². The molecule has 0 aromatic heterocycles. The van der Waals surface area contributed by atoms with Gasteiger partial charge in [-0.05, 0) is 48.2 Å². The minimum Gasteiger partial charge on any atom is -0.324 e. The van der Waals surface area contributed by atoms with Crippen LogP contribution in [0.1, 0.15) is 30.9 Å². The lowest BCUT2D eigenvalue weighted by Gasteiger charge is -2.34. The van der Waals surface area contributed by atoms with Gasteiger partial charge < -0.3 is 10.2 Å². The Balaban J connectivity index is 1.60. The van der Waals surface area contributed by atoms with Crippen molar-refractivity contribution in [2.24, 2.45) is 0 Å². The highest BCUT2D eigenvalue weighted by atomic mass is 79.9. The number of anilines is 1. The highest BCUT2D eigenvalue weighted by Crippen LogP contribution is 2.54. The molecule has 2 fully saturated rings. The Bertz CT molecular complexity index is 886. The Kier molecular flexibility index (Phi) is 5.03. The number of aryl methyl sites for hydroxylation is 1. The number of hydrogen-bond donors (Lipinski definition) is 1. The summed E-state index contributed by atoms with van der Waals surface area (Å²) in [5.74, 6) is 0.566. The SMILES string of the molecule is CCc1cccc(NC(=O)C2CSC3(c4ccc(Br)cc4)CCC(=O)N23)c1. The molecular weight excluding hydrogens is 424 g/mol. The number of benzene rings is 2. The van der Waals surface area contributed by atoms with E-state index in [1.54, 1.807) is 11.8 Å². The summed E-state index contributed by atoms with van der Waals surface area (Å²) in [7, 11) is 0. The van der Waals surface area contributed by atoms with E-state index in [-0.39, 0.29) is 11.8 Å². The molecule has 2 heterocycles. The second-order valence-electron chi connectivity index (χ2n) is 6.92. The Morgan fingerprint density at radius 2 is 2.07 bits per heavy atom. The number of rotatable bonds is 4. The third kappa shape index (κ3) is 3.29. The molecule has 140 valence electrons. The summed E-state index contributed by atoms with van der Waals surface area (Å²) in [6.07, 6.45) is 2.14. The van der Waals surface area contributed by atoms with Gasteiger partial charge in [-0.25, -0.2) is 0 Å². The summed E-state index contributed by atoms with van der Waals surface area (Å²) in [5, 5.41) is 3.02. The fraction of sp³-hybridized carbons (Fsp3) is 0.333. The number of nitrogens with one attached hydrogen (secondary N) is 1. The summed E-state index contributed by atoms with van der Waals surface area (Å²) in [6.45, 7) is 2.09. The van der Waals surface area contributed by atoms with Crippen molar-refractivity contribution in [3.8, 4) is 0 Å². The predicted molar refractivity (Wildman–Crippen MR) is 113 cm³/mol. The van der Waals surface area contributed by atoms with Crippen LogP contribution in [0.25, 0.3) is 0 Å². The van der Waals surface area contributed by atoms with Crippen molar-refractivity contribution in [2.75, 3.05) is 11.1 Å². The molecular formula is C21H21BrN2O2S. The molecule has 2 aliphatic heterocycles. The van der Waals surface area contributed by atoms with E-state index in [0.29, 0.717) is 12.2 Å². The molecule has 6 heteroatoms. The first kappa shape index (κ1) is 18.6. The molecule has 2 unspecified atom stereocenters. The zero-order valence-electron chi connectivity index (χ0n) is 15.1. The Morgan fingerprint density at radius 1 is 1.30 bits per heavy atom. The van der Waals surface area contributed by atoms with Gasteiger partial charge in [0.05, 0.1) is 0 Å². The fourth-order valence-corrected chi connectivity index (χ4v) is 5.86. The lowest BCUT2D eigenvalue weighted by molar-refractivity contribution is -0.136. The molecule has 27 heavy (non-hydrogen) atoms. The maximum Gasteiger partial charge on any atom is 0.248 e. The standard InChI is InChI=1S/C21H21BrN2O2S/c1-2-14-4-3-5-17(12-14)23-20(26)18-13-27-21(11-10-19(25)24(18)21)15-6-8-16(22)9-7-15/h3-9,12,18H,2,10-11,13H2,1H3,(H,23,26). The van der Waals surface area contributed by atoms with Crippen LogP contribution in [0.5, 0.6) is 0 Å². The molecule has 0 saturated carbocycles. The molecule has 2 aliphatic rings. The first-order valence-corrected chi connectivity index (χ1v) is 10.9. The van der Waals surface area contributed by atoms with Crippen molar-refractivity contribution in [2.45, 2.75) is 37.1 Å². The highest BCUT2D eigenvalue weighted by molar-refractivity contribution is 9.10. The molecule has 0 aliphatic carbocycles. The smallest absolute Gasteiger partial charge is 0.248 e. The monoisotopic (exact) mass is 444 g/mol. The van der Waals surface area contributed by atoms with E-state index in [9.17, 15) is 9.59 Å². The zero-order chi connectivity index (χ0) is 19.0. The molecule has 2 atom stereocenters. The number of hydrogen-bond acceptors (Lipinski definition) is 3. The van der Waals surface area contributed by atoms with Crippen molar-refractivity contribution in [1.29, 1.82) is 0 Å². The van der Waals surface area contributed by atoms with Crippen LogP contribution in [0, 0.1) is 0 Å². The Labute approximate surface area is 171 Å². The molecule has 0 bridgehead atoms. The maximum atomic E-state index is 13.0. The molecule has 4 nitrogen and oxygen atoms in total. The van der Waals surface area contributed by atoms with Crippen molar-refractivity contribution < 1.29 is 9.59 Å². The summed E-state index contributed by atoms with van der Waals surface area (Å²) in [4.78, 5) is 27.1. The molecule has 1 N–H and O–H groups in total. The van der Waals surface area contributed by atoms with E-state index >= 15 is 0 Å². The summed E-state index contributed by atoms with van der Waals surface area (Å²) in [5.41, 5.74) is 3.05. The van der Waals surface area contributed by atoms with Gasteiger partial charge in [0.2, 0.25) is 11.8 Å². The number of thioether (sulfide) groups is 1. The van der Waals surface area contributed by atoms with Gasteiger partial charge >= 0.3 is 0 Å². The van der Waals surface area contributed by atoms with E-state index < -0.39 is 10.9 Å². The molecule has 2 aromatic carbocycles. The average molecular weight is 445 g/mol. The third-order valence-electron chi connectivity index (χ3n) is 5.33. The Morgan fingerprint density at radius 3 is 2.81 bits per heavy atom. The first-order valence-electron chi connectivity index (χ1n) is 9.15. The summed E-state index contributed by atoms with van der Waals surface area (Å²) in [6, 6.07) is 15.5. The number of halogens is 1. The predicted octanol–water partition coefficient (Wildman–Crippen LogP) is 4.54. The first-order chi connectivity index (χ1) is 13.0. The molecule has 0 spiro atoms. The molecule has 2 aromatic rings. The average Bonchev–Trinajstić information content (AvgIpc) is 3.22. The van der Waals surface area contributed by atoms with Crippen LogP contribution < -0.4 is 5.32 Å². The molecule has 4 rings (SSSR count). The summed E-state index contributed by atoms with van der Waals surface area (Å²) >= 11 is 5.18. The quantitative estimate of drug-likeness (QED) is 0.752. The number of nitrogens with zero attached hydrogens (tertiary/aromatic N) is 1. The van der Waals surface area contributed by atoms with Crippen LogP contribution in [0.4, 0.5) is 5.69 Å². The second-order valence-corrected chi connectivity index (χ2v) is 9.14. The lowest BCUT2D eigenvalue weighted by atomic mass is 10.0. The highest BCUT2D eigenvalue weighted by Gasteiger charge is 2.56. The number of carbonyl (C=O) groups is 2. The van der Waals surface area contributed by atoms with E-state index in [0.717, 1.165) is 28.6 Å². The second kappa shape index (κ2) is 7.32. The van der Waals surface area contributed by atoms with Crippen LogP contribution >= 0.6 is 27.7 Å². The molecule has 2 saturated heterocycles. The lowest BCUT2D eigenvalue weighted by Crippen LogP contribution is -2.48. The van der Waals surface area contributed by atoms with Gasteiger partial charge in [-0.1, -0.05) is 47.1 Å². The van der Waals surface area contributed by atoms with Crippen LogP contribution in [-0.4, -0.2) is 28.5 Å². The fourth-order valence-electron chi connectivity index (χ4n) is 3.94. The zero-order valence-corrected chi connectivity index (χ0v) is 17.5. The minimum absolute atomic E-state index is 0.0605. The Hall–Kier alpha value is -1.79. The third-order valence-corrected chi connectivity index (χ3v) is 7.45. The van der Waals surface area contributed by atoms with Crippen molar-refractivity contribution in [3.05, 3.63) is 64.1 Å².